The van der Waals surface area contributed by atoms with Gasteiger partial charge >= 0.3 is 5.97 Å². The molecule has 0 aliphatic rings. The number of pyridine rings is 1. The standard InChI is InChI=1S/C12H12BrN3O2/c1-7-10(5-12(17)18)8(2)16(15-7)11-4-3-9(13)6-14-11/h3-4,6H,5H2,1-2H3,(H,17,18). The van der Waals surface area contributed by atoms with Crippen LogP contribution in [0.4, 0.5) is 0 Å². The molecule has 2 aromatic rings. The van der Waals surface area contributed by atoms with Gasteiger partial charge in [-0.15, -0.1) is 0 Å². The van der Waals surface area contributed by atoms with Crippen LogP contribution >= 0.6 is 15.9 Å². The molecule has 2 aromatic heterocycles. The SMILES string of the molecule is Cc1nn(-c2ccc(Br)cn2)c(C)c1CC(=O)O. The molecule has 0 radical (unpaired) electrons. The molecule has 0 amide bonds. The molecular formula is C12H12BrN3O2. The number of carboxylic acids is 1. The first-order chi connectivity index (χ1) is 8.49. The number of aromatic nitrogens is 3. The number of hydrogen-bond donors (Lipinski definition) is 1. The second kappa shape index (κ2) is 4.89. The quantitative estimate of drug-likeness (QED) is 0.944. The Morgan fingerprint density at radius 2 is 2.17 bits per heavy atom. The van der Waals surface area contributed by atoms with E-state index in [4.69, 9.17) is 5.11 Å². The van der Waals surface area contributed by atoms with Gasteiger partial charge in [0, 0.05) is 21.9 Å². The Kier molecular flexibility index (Phi) is 3.47. The molecule has 0 aromatic carbocycles. The molecule has 0 aliphatic carbocycles. The molecule has 0 atom stereocenters. The number of rotatable bonds is 3. The maximum absolute atomic E-state index is 10.8. The smallest absolute Gasteiger partial charge is 0.307 e. The zero-order valence-electron chi connectivity index (χ0n) is 10.0. The zero-order valence-corrected chi connectivity index (χ0v) is 11.6. The van der Waals surface area contributed by atoms with Gasteiger partial charge in [0.05, 0.1) is 12.1 Å². The molecule has 0 aliphatic heterocycles. The fraction of sp³-hybridized carbons (Fsp3) is 0.250. The molecule has 1 N–H and O–H groups in total. The third-order valence-electron chi connectivity index (χ3n) is 2.70. The molecule has 0 unspecified atom stereocenters. The fourth-order valence-electron chi connectivity index (χ4n) is 1.80. The minimum absolute atomic E-state index is 0.0196. The van der Waals surface area contributed by atoms with Crippen LogP contribution in [0.25, 0.3) is 5.82 Å². The van der Waals surface area contributed by atoms with E-state index in [0.717, 1.165) is 21.4 Å². The van der Waals surface area contributed by atoms with Crippen molar-refractivity contribution in [2.75, 3.05) is 0 Å². The number of nitrogens with zero attached hydrogens (tertiary/aromatic N) is 3. The van der Waals surface area contributed by atoms with Gasteiger partial charge in [-0.2, -0.15) is 5.10 Å². The van der Waals surface area contributed by atoms with Gasteiger partial charge < -0.3 is 5.11 Å². The van der Waals surface area contributed by atoms with E-state index in [1.807, 2.05) is 19.1 Å². The van der Waals surface area contributed by atoms with E-state index in [-0.39, 0.29) is 6.42 Å². The van der Waals surface area contributed by atoms with Crippen molar-refractivity contribution in [2.24, 2.45) is 0 Å². The van der Waals surface area contributed by atoms with E-state index >= 15 is 0 Å². The Morgan fingerprint density at radius 1 is 1.44 bits per heavy atom. The second-order valence-electron chi connectivity index (χ2n) is 3.97. The van der Waals surface area contributed by atoms with E-state index in [0.29, 0.717) is 5.82 Å². The van der Waals surface area contributed by atoms with Gasteiger partial charge in [-0.25, -0.2) is 9.67 Å². The minimum atomic E-state index is -0.857. The lowest BCUT2D eigenvalue weighted by atomic mass is 10.1. The van der Waals surface area contributed by atoms with Crippen molar-refractivity contribution in [3.8, 4) is 5.82 Å². The van der Waals surface area contributed by atoms with Gasteiger partial charge in [0.1, 0.15) is 0 Å². The van der Waals surface area contributed by atoms with Gasteiger partial charge in [-0.05, 0) is 41.9 Å². The van der Waals surface area contributed by atoms with Crippen LogP contribution in [0.15, 0.2) is 22.8 Å². The molecule has 5 nitrogen and oxygen atoms in total. The fourth-order valence-corrected chi connectivity index (χ4v) is 2.03. The average molecular weight is 310 g/mol. The summed E-state index contributed by atoms with van der Waals surface area (Å²) in [6.07, 6.45) is 1.66. The lowest BCUT2D eigenvalue weighted by Gasteiger charge is -2.03. The molecular weight excluding hydrogens is 298 g/mol. The van der Waals surface area contributed by atoms with Crippen LogP contribution in [-0.2, 0) is 11.2 Å². The molecule has 2 rings (SSSR count). The second-order valence-corrected chi connectivity index (χ2v) is 4.88. The summed E-state index contributed by atoms with van der Waals surface area (Å²) in [6, 6.07) is 3.70. The first kappa shape index (κ1) is 12.8. The van der Waals surface area contributed by atoms with Crippen molar-refractivity contribution in [1.29, 1.82) is 0 Å². The highest BCUT2D eigenvalue weighted by Crippen LogP contribution is 2.18. The number of halogens is 1. The van der Waals surface area contributed by atoms with Gasteiger partial charge in [-0.3, -0.25) is 4.79 Å². The summed E-state index contributed by atoms with van der Waals surface area (Å²) in [6.45, 7) is 3.66. The third-order valence-corrected chi connectivity index (χ3v) is 3.17. The van der Waals surface area contributed by atoms with E-state index in [2.05, 4.69) is 26.0 Å². The number of hydrogen-bond acceptors (Lipinski definition) is 3. The van der Waals surface area contributed by atoms with Gasteiger partial charge in [0.2, 0.25) is 0 Å². The number of carbonyl (C=O) groups is 1. The molecule has 0 saturated carbocycles. The number of aryl methyl sites for hydroxylation is 1. The van der Waals surface area contributed by atoms with Crippen LogP contribution in [0.3, 0.4) is 0 Å². The summed E-state index contributed by atoms with van der Waals surface area (Å²) in [5, 5.41) is 13.2. The predicted molar refractivity (Wildman–Crippen MR) is 69.9 cm³/mol. The Hall–Kier alpha value is -1.69. The van der Waals surface area contributed by atoms with E-state index < -0.39 is 5.97 Å². The Morgan fingerprint density at radius 3 is 2.72 bits per heavy atom. The van der Waals surface area contributed by atoms with Crippen molar-refractivity contribution in [3.05, 3.63) is 39.8 Å². The topological polar surface area (TPSA) is 68.0 Å². The summed E-state index contributed by atoms with van der Waals surface area (Å²) < 4.78 is 2.55. The maximum Gasteiger partial charge on any atom is 0.307 e. The lowest BCUT2D eigenvalue weighted by Crippen LogP contribution is -2.04. The summed E-state index contributed by atoms with van der Waals surface area (Å²) in [7, 11) is 0. The molecule has 0 saturated heterocycles. The molecule has 0 bridgehead atoms. The number of carboxylic acid groups (broad SMARTS) is 1. The molecule has 0 spiro atoms. The minimum Gasteiger partial charge on any atom is -0.481 e. The van der Waals surface area contributed by atoms with Gasteiger partial charge in [0.25, 0.3) is 0 Å². The summed E-state index contributed by atoms with van der Waals surface area (Å²) >= 11 is 3.32. The third kappa shape index (κ3) is 2.43. The Bertz CT molecular complexity index is 590. The van der Waals surface area contributed by atoms with Crippen LogP contribution in [0.1, 0.15) is 17.0 Å². The van der Waals surface area contributed by atoms with Crippen molar-refractivity contribution in [3.63, 3.8) is 0 Å². The predicted octanol–water partition coefficient (Wildman–Crippen LogP) is 2.27. The first-order valence-electron chi connectivity index (χ1n) is 5.38. The summed E-state index contributed by atoms with van der Waals surface area (Å²) in [5.74, 6) is -0.181. The van der Waals surface area contributed by atoms with Crippen molar-refractivity contribution >= 4 is 21.9 Å². The van der Waals surface area contributed by atoms with Crippen LogP contribution in [-0.4, -0.2) is 25.8 Å². The van der Waals surface area contributed by atoms with Crippen molar-refractivity contribution in [1.82, 2.24) is 14.8 Å². The molecule has 6 heteroatoms. The molecule has 2 heterocycles. The van der Waals surface area contributed by atoms with Crippen LogP contribution in [0.2, 0.25) is 0 Å². The van der Waals surface area contributed by atoms with Crippen molar-refractivity contribution in [2.45, 2.75) is 20.3 Å². The molecule has 18 heavy (non-hydrogen) atoms. The highest BCUT2D eigenvalue weighted by Gasteiger charge is 2.15. The first-order valence-corrected chi connectivity index (χ1v) is 6.17. The maximum atomic E-state index is 10.8. The van der Waals surface area contributed by atoms with Gasteiger partial charge in [-0.1, -0.05) is 0 Å². The van der Waals surface area contributed by atoms with Crippen molar-refractivity contribution < 1.29 is 9.90 Å². The van der Waals surface area contributed by atoms with Crippen LogP contribution in [0, 0.1) is 13.8 Å². The zero-order chi connectivity index (χ0) is 13.3. The highest BCUT2D eigenvalue weighted by molar-refractivity contribution is 9.10. The van der Waals surface area contributed by atoms with Crippen LogP contribution in [0.5, 0.6) is 0 Å². The highest BCUT2D eigenvalue weighted by atomic mass is 79.9. The van der Waals surface area contributed by atoms with E-state index in [1.54, 1.807) is 17.8 Å². The summed E-state index contributed by atoms with van der Waals surface area (Å²) in [4.78, 5) is 15.1. The van der Waals surface area contributed by atoms with Crippen LogP contribution < -0.4 is 0 Å². The summed E-state index contributed by atoms with van der Waals surface area (Å²) in [5.41, 5.74) is 2.27. The normalized spacial score (nSPS) is 10.6. The average Bonchev–Trinajstić information content (AvgIpc) is 2.58. The van der Waals surface area contributed by atoms with E-state index in [1.165, 1.54) is 0 Å². The van der Waals surface area contributed by atoms with Gasteiger partial charge in [0.15, 0.2) is 5.82 Å². The molecule has 0 fully saturated rings. The molecule has 94 valence electrons. The Balaban J connectivity index is 2.46. The number of aliphatic carboxylic acids is 1. The largest absolute Gasteiger partial charge is 0.481 e. The Labute approximate surface area is 113 Å². The monoisotopic (exact) mass is 309 g/mol. The van der Waals surface area contributed by atoms with E-state index in [9.17, 15) is 4.79 Å². The lowest BCUT2D eigenvalue weighted by molar-refractivity contribution is -0.136.